The van der Waals surface area contributed by atoms with Crippen LogP contribution >= 0.6 is 0 Å². The third-order valence-electron chi connectivity index (χ3n) is 5.88. The third-order valence-corrected chi connectivity index (χ3v) is 5.88. The van der Waals surface area contributed by atoms with Gasteiger partial charge in [-0.15, -0.1) is 0 Å². The average molecular weight is 424 g/mol. The first kappa shape index (κ1) is 20.1. The molecule has 0 radical (unpaired) electrons. The molecule has 5 nitrogen and oxygen atoms in total. The van der Waals surface area contributed by atoms with Crippen molar-refractivity contribution in [2.75, 3.05) is 18.6 Å². The van der Waals surface area contributed by atoms with E-state index in [-0.39, 0.29) is 5.91 Å². The first-order valence-corrected chi connectivity index (χ1v) is 10.9. The Morgan fingerprint density at radius 3 is 2.66 bits per heavy atom. The topological polar surface area (TPSA) is 47.4 Å². The van der Waals surface area contributed by atoms with Crippen LogP contribution in [0.15, 0.2) is 85.1 Å². The summed E-state index contributed by atoms with van der Waals surface area (Å²) in [6, 6.07) is 26.0. The van der Waals surface area contributed by atoms with Gasteiger partial charge in [-0.05, 0) is 42.2 Å². The highest BCUT2D eigenvalue weighted by atomic mass is 16.5. The van der Waals surface area contributed by atoms with E-state index in [0.29, 0.717) is 24.3 Å². The SMILES string of the molecule is COc1cccc(-c2nn(Cc3ccccc3)cc2C(=O)N2CCCc3ccccc32)c1. The van der Waals surface area contributed by atoms with Crippen molar-refractivity contribution in [3.8, 4) is 17.0 Å². The Morgan fingerprint density at radius 1 is 1.00 bits per heavy atom. The van der Waals surface area contributed by atoms with E-state index in [4.69, 9.17) is 9.84 Å². The van der Waals surface area contributed by atoms with Crippen LogP contribution in [0.3, 0.4) is 0 Å². The largest absolute Gasteiger partial charge is 0.497 e. The Bertz CT molecular complexity index is 1250. The third kappa shape index (κ3) is 3.89. The van der Waals surface area contributed by atoms with Gasteiger partial charge in [-0.1, -0.05) is 60.7 Å². The predicted octanol–water partition coefficient (Wildman–Crippen LogP) is 5.20. The van der Waals surface area contributed by atoms with E-state index in [1.165, 1.54) is 5.56 Å². The molecule has 32 heavy (non-hydrogen) atoms. The van der Waals surface area contributed by atoms with Crippen LogP contribution in [0.1, 0.15) is 27.9 Å². The van der Waals surface area contributed by atoms with E-state index in [9.17, 15) is 4.79 Å². The molecule has 160 valence electrons. The first-order chi connectivity index (χ1) is 15.7. The van der Waals surface area contributed by atoms with Crippen molar-refractivity contribution < 1.29 is 9.53 Å². The first-order valence-electron chi connectivity index (χ1n) is 10.9. The summed E-state index contributed by atoms with van der Waals surface area (Å²) >= 11 is 0. The van der Waals surface area contributed by atoms with Crippen LogP contribution < -0.4 is 9.64 Å². The maximum Gasteiger partial charge on any atom is 0.262 e. The molecule has 5 heteroatoms. The van der Waals surface area contributed by atoms with E-state index in [1.807, 2.05) is 76.4 Å². The van der Waals surface area contributed by atoms with Gasteiger partial charge in [-0.2, -0.15) is 5.10 Å². The summed E-state index contributed by atoms with van der Waals surface area (Å²) < 4.78 is 7.27. The number of amides is 1. The van der Waals surface area contributed by atoms with Crippen LogP contribution in [-0.2, 0) is 13.0 Å². The summed E-state index contributed by atoms with van der Waals surface area (Å²) in [4.78, 5) is 15.7. The minimum atomic E-state index is -0.0192. The zero-order valence-corrected chi connectivity index (χ0v) is 18.1. The lowest BCUT2D eigenvalue weighted by Gasteiger charge is -2.29. The quantitative estimate of drug-likeness (QED) is 0.443. The smallest absolute Gasteiger partial charge is 0.262 e. The van der Waals surface area contributed by atoms with Crippen molar-refractivity contribution in [2.45, 2.75) is 19.4 Å². The number of carbonyl (C=O) groups is 1. The molecule has 0 atom stereocenters. The normalized spacial score (nSPS) is 13.0. The van der Waals surface area contributed by atoms with Gasteiger partial charge in [-0.3, -0.25) is 9.48 Å². The van der Waals surface area contributed by atoms with Crippen molar-refractivity contribution in [1.29, 1.82) is 0 Å². The molecular formula is C27H25N3O2. The second kappa shape index (κ2) is 8.71. The number of fused-ring (bicyclic) bond motifs is 1. The van der Waals surface area contributed by atoms with Crippen LogP contribution in [0.2, 0.25) is 0 Å². The number of carbonyl (C=O) groups excluding carboxylic acids is 1. The van der Waals surface area contributed by atoms with Gasteiger partial charge in [-0.25, -0.2) is 0 Å². The van der Waals surface area contributed by atoms with Crippen LogP contribution in [0, 0.1) is 0 Å². The summed E-state index contributed by atoms with van der Waals surface area (Å²) in [5.74, 6) is 0.719. The number of hydrogen-bond donors (Lipinski definition) is 0. The summed E-state index contributed by atoms with van der Waals surface area (Å²) in [5.41, 5.74) is 5.49. The molecule has 3 aromatic carbocycles. The molecule has 0 spiro atoms. The van der Waals surface area contributed by atoms with Gasteiger partial charge in [0.25, 0.3) is 5.91 Å². The van der Waals surface area contributed by atoms with E-state index >= 15 is 0 Å². The van der Waals surface area contributed by atoms with Gasteiger partial charge in [0.1, 0.15) is 11.4 Å². The van der Waals surface area contributed by atoms with Crippen LogP contribution in [0.25, 0.3) is 11.3 Å². The summed E-state index contributed by atoms with van der Waals surface area (Å²) in [5, 5.41) is 4.84. The molecular weight excluding hydrogens is 398 g/mol. The molecule has 1 aliphatic rings. The lowest BCUT2D eigenvalue weighted by atomic mass is 10.00. The number of rotatable bonds is 5. The van der Waals surface area contributed by atoms with Crippen LogP contribution in [-0.4, -0.2) is 29.3 Å². The van der Waals surface area contributed by atoms with Gasteiger partial charge in [0, 0.05) is 24.0 Å². The minimum absolute atomic E-state index is 0.0192. The van der Waals surface area contributed by atoms with Crippen molar-refractivity contribution in [3.05, 3.63) is 102 Å². The monoisotopic (exact) mass is 423 g/mol. The highest BCUT2D eigenvalue weighted by Gasteiger charge is 2.27. The zero-order valence-electron chi connectivity index (χ0n) is 18.1. The second-order valence-corrected chi connectivity index (χ2v) is 8.00. The van der Waals surface area contributed by atoms with Gasteiger partial charge in [0.15, 0.2) is 0 Å². The van der Waals surface area contributed by atoms with Crippen molar-refractivity contribution in [2.24, 2.45) is 0 Å². The molecule has 0 bridgehead atoms. The second-order valence-electron chi connectivity index (χ2n) is 8.00. The van der Waals surface area contributed by atoms with Gasteiger partial charge >= 0.3 is 0 Å². The molecule has 1 aromatic heterocycles. The fraction of sp³-hybridized carbons (Fsp3) is 0.185. The van der Waals surface area contributed by atoms with Gasteiger partial charge in [0.2, 0.25) is 0 Å². The van der Waals surface area contributed by atoms with Crippen molar-refractivity contribution in [1.82, 2.24) is 9.78 Å². The lowest BCUT2D eigenvalue weighted by Crippen LogP contribution is -2.35. The number of benzene rings is 3. The highest BCUT2D eigenvalue weighted by Crippen LogP contribution is 2.32. The number of methoxy groups -OCH3 is 1. The Morgan fingerprint density at radius 2 is 1.81 bits per heavy atom. The molecule has 1 amide bonds. The predicted molar refractivity (Wildman–Crippen MR) is 126 cm³/mol. The number of nitrogens with zero attached hydrogens (tertiary/aromatic N) is 3. The van der Waals surface area contributed by atoms with Crippen LogP contribution in [0.4, 0.5) is 5.69 Å². The molecule has 1 aliphatic heterocycles. The fourth-order valence-corrected chi connectivity index (χ4v) is 4.30. The van der Waals surface area contributed by atoms with E-state index in [2.05, 4.69) is 18.2 Å². The Hall–Kier alpha value is -3.86. The minimum Gasteiger partial charge on any atom is -0.497 e. The van der Waals surface area contributed by atoms with Gasteiger partial charge < -0.3 is 9.64 Å². The highest BCUT2D eigenvalue weighted by molar-refractivity contribution is 6.10. The summed E-state index contributed by atoms with van der Waals surface area (Å²) in [6.45, 7) is 1.30. The molecule has 5 rings (SSSR count). The molecule has 4 aromatic rings. The number of ether oxygens (including phenoxy) is 1. The number of hydrogen-bond acceptors (Lipinski definition) is 3. The fourth-order valence-electron chi connectivity index (χ4n) is 4.30. The Kier molecular flexibility index (Phi) is 5.46. The van der Waals surface area contributed by atoms with E-state index < -0.39 is 0 Å². The molecule has 0 aliphatic carbocycles. The standard InChI is InChI=1S/C27H25N3O2/c1-32-23-14-7-12-22(17-23)26-24(19-29(28-26)18-20-9-3-2-4-10-20)27(31)30-16-8-13-21-11-5-6-15-25(21)30/h2-7,9-12,14-15,17,19H,8,13,16,18H2,1H3. The van der Waals surface area contributed by atoms with Gasteiger partial charge in [0.05, 0.1) is 19.2 Å². The summed E-state index contributed by atoms with van der Waals surface area (Å²) in [7, 11) is 1.64. The Balaban J connectivity index is 1.58. The van der Waals surface area contributed by atoms with Crippen molar-refractivity contribution >= 4 is 11.6 Å². The molecule has 0 saturated heterocycles. The van der Waals surface area contributed by atoms with Crippen molar-refractivity contribution in [3.63, 3.8) is 0 Å². The number of aromatic nitrogens is 2. The maximum absolute atomic E-state index is 13.8. The number of para-hydroxylation sites is 1. The number of aryl methyl sites for hydroxylation is 1. The number of anilines is 1. The Labute approximate surface area is 187 Å². The maximum atomic E-state index is 13.8. The van der Waals surface area contributed by atoms with E-state index in [1.54, 1.807) is 7.11 Å². The van der Waals surface area contributed by atoms with Crippen LogP contribution in [0.5, 0.6) is 5.75 Å². The molecule has 0 N–H and O–H groups in total. The molecule has 0 saturated carbocycles. The van der Waals surface area contributed by atoms with E-state index in [0.717, 1.165) is 35.4 Å². The summed E-state index contributed by atoms with van der Waals surface area (Å²) in [6.07, 6.45) is 3.83. The lowest BCUT2D eigenvalue weighted by molar-refractivity contribution is 0.0985. The molecule has 2 heterocycles. The molecule has 0 unspecified atom stereocenters. The zero-order chi connectivity index (χ0) is 21.9. The molecule has 0 fully saturated rings. The average Bonchev–Trinajstić information content (AvgIpc) is 3.27.